The lowest BCUT2D eigenvalue weighted by Gasteiger charge is -2.25. The minimum absolute atomic E-state index is 0.280. The van der Waals surface area contributed by atoms with Gasteiger partial charge >= 0.3 is 0 Å². The van der Waals surface area contributed by atoms with Gasteiger partial charge in [-0.25, -0.2) is 4.98 Å². The van der Waals surface area contributed by atoms with E-state index in [-0.39, 0.29) is 5.41 Å². The summed E-state index contributed by atoms with van der Waals surface area (Å²) in [5.74, 6) is 0. The van der Waals surface area contributed by atoms with E-state index in [0.29, 0.717) is 0 Å². The second-order valence-corrected chi connectivity index (χ2v) is 16.7. The molecule has 0 unspecified atom stereocenters. The van der Waals surface area contributed by atoms with Crippen LogP contribution in [0.25, 0.3) is 60.6 Å². The molecule has 1 aliphatic rings. The van der Waals surface area contributed by atoms with Gasteiger partial charge in [-0.1, -0.05) is 147 Å². The van der Waals surface area contributed by atoms with Gasteiger partial charge in [-0.15, -0.1) is 0 Å². The molecule has 0 N–H and O–H groups in total. The first-order valence-corrected chi connectivity index (χ1v) is 18.9. The Bertz CT molecular complexity index is 2830. The summed E-state index contributed by atoms with van der Waals surface area (Å²) in [6, 6.07) is 57.1. The van der Waals surface area contributed by atoms with E-state index in [4.69, 9.17) is 4.98 Å². The zero-order valence-electron chi connectivity index (χ0n) is 27.8. The zero-order chi connectivity index (χ0) is 33.6. The van der Waals surface area contributed by atoms with Crippen LogP contribution in [0.15, 0.2) is 164 Å². The number of fused-ring (bicyclic) bond motifs is 11. The van der Waals surface area contributed by atoms with Crippen LogP contribution in [0.4, 0.5) is 0 Å². The molecule has 0 amide bonds. The summed E-state index contributed by atoms with van der Waals surface area (Å²) in [5, 5.41) is 6.17. The summed E-state index contributed by atoms with van der Waals surface area (Å²) >= 11 is 0. The molecular weight excluding hydrogens is 627 g/mol. The summed E-state index contributed by atoms with van der Waals surface area (Å²) in [5.41, 5.74) is 11.2. The fraction of sp³-hybridized carbons (Fsp3) is 0.0652. The molecule has 0 saturated heterocycles. The van der Waals surface area contributed by atoms with Gasteiger partial charge in [0.15, 0.2) is 7.14 Å². The molecule has 2 heterocycles. The third-order valence-corrected chi connectivity index (χ3v) is 13.9. The second kappa shape index (κ2) is 10.6. The number of para-hydroxylation sites is 1. The molecule has 1 aliphatic carbocycles. The Morgan fingerprint density at radius 2 is 1.06 bits per heavy atom. The van der Waals surface area contributed by atoms with Crippen molar-refractivity contribution >= 4 is 61.4 Å². The fourth-order valence-electron chi connectivity index (χ4n) is 8.31. The van der Waals surface area contributed by atoms with Crippen LogP contribution < -0.4 is 15.9 Å². The quantitative estimate of drug-likeness (QED) is 0.139. The molecule has 10 rings (SSSR count). The molecule has 9 aromatic rings. The molecule has 7 aromatic carbocycles. The Hall–Kier alpha value is -5.76. The molecule has 3 nitrogen and oxygen atoms in total. The van der Waals surface area contributed by atoms with Gasteiger partial charge in [0.2, 0.25) is 0 Å². The monoisotopic (exact) mass is 660 g/mol. The zero-order valence-corrected chi connectivity index (χ0v) is 28.7. The van der Waals surface area contributed by atoms with Gasteiger partial charge in [0, 0.05) is 32.1 Å². The van der Waals surface area contributed by atoms with Gasteiger partial charge < -0.3 is 4.57 Å². The van der Waals surface area contributed by atoms with Gasteiger partial charge in [0.25, 0.3) is 0 Å². The van der Waals surface area contributed by atoms with Crippen molar-refractivity contribution in [1.82, 2.24) is 9.38 Å². The maximum Gasteiger partial charge on any atom is 0.171 e. The number of hydrogen-bond acceptors (Lipinski definition) is 2. The summed E-state index contributed by atoms with van der Waals surface area (Å²) in [7, 11) is -3.10. The lowest BCUT2D eigenvalue weighted by atomic mass is 9.81. The number of nitrogens with zero attached hydrogens (tertiary/aromatic N) is 2. The van der Waals surface area contributed by atoms with E-state index in [9.17, 15) is 0 Å². The normalized spacial score (nSPS) is 13.6. The van der Waals surface area contributed by atoms with E-state index >= 15 is 4.57 Å². The Labute approximate surface area is 290 Å². The largest absolute Gasteiger partial charge is 0.309 e. The molecule has 238 valence electrons. The van der Waals surface area contributed by atoms with Gasteiger partial charge in [-0.05, 0) is 69.1 Å². The van der Waals surface area contributed by atoms with Crippen LogP contribution in [-0.4, -0.2) is 9.38 Å². The van der Waals surface area contributed by atoms with E-state index in [0.717, 1.165) is 49.1 Å². The Kier molecular flexibility index (Phi) is 6.20. The van der Waals surface area contributed by atoms with E-state index in [2.05, 4.69) is 121 Å². The Morgan fingerprint density at radius 3 is 1.78 bits per heavy atom. The molecule has 2 aromatic heterocycles. The van der Waals surface area contributed by atoms with Crippen LogP contribution >= 0.6 is 7.14 Å². The molecule has 0 radical (unpaired) electrons. The molecule has 4 heteroatoms. The van der Waals surface area contributed by atoms with Crippen molar-refractivity contribution in [2.45, 2.75) is 19.3 Å². The van der Waals surface area contributed by atoms with Gasteiger partial charge in [-0.2, -0.15) is 0 Å². The molecule has 0 atom stereocenters. The number of hydrogen-bond donors (Lipinski definition) is 0. The van der Waals surface area contributed by atoms with Crippen LogP contribution in [0.3, 0.4) is 0 Å². The van der Waals surface area contributed by atoms with Crippen molar-refractivity contribution < 1.29 is 4.57 Å². The van der Waals surface area contributed by atoms with Crippen molar-refractivity contribution in [3.63, 3.8) is 0 Å². The van der Waals surface area contributed by atoms with Gasteiger partial charge in [0.1, 0.15) is 5.65 Å². The highest BCUT2D eigenvalue weighted by Crippen LogP contribution is 2.52. The molecule has 0 spiro atoms. The summed E-state index contributed by atoms with van der Waals surface area (Å²) in [6.07, 6.45) is 0. The first-order valence-electron chi connectivity index (χ1n) is 17.2. The minimum atomic E-state index is -3.10. The van der Waals surface area contributed by atoms with E-state index in [1.807, 2.05) is 60.7 Å². The van der Waals surface area contributed by atoms with E-state index < -0.39 is 7.14 Å². The predicted molar refractivity (Wildman–Crippen MR) is 210 cm³/mol. The minimum Gasteiger partial charge on any atom is -0.309 e. The SMILES string of the molecule is CC1(C)c2cc(-c3ccc4nc5c6ccccc6c6ccccc6n5c4c3)ccc2-c2ccc(P(=O)(c3ccccc3)c3ccccc3)cc21. The highest BCUT2D eigenvalue weighted by Gasteiger charge is 2.38. The third kappa shape index (κ3) is 4.05. The van der Waals surface area contributed by atoms with Crippen LogP contribution in [-0.2, 0) is 9.98 Å². The molecule has 0 bridgehead atoms. The number of pyridine rings is 1. The maximum atomic E-state index is 15.3. The van der Waals surface area contributed by atoms with E-state index in [1.54, 1.807) is 0 Å². The van der Waals surface area contributed by atoms with Crippen molar-refractivity contribution in [1.29, 1.82) is 0 Å². The highest BCUT2D eigenvalue weighted by atomic mass is 31.2. The maximum absolute atomic E-state index is 15.3. The Morgan fingerprint density at radius 1 is 0.500 bits per heavy atom. The summed E-state index contributed by atoms with van der Waals surface area (Å²) in [4.78, 5) is 5.15. The number of rotatable bonds is 4. The lowest BCUT2D eigenvalue weighted by Crippen LogP contribution is -2.26. The lowest BCUT2D eigenvalue weighted by molar-refractivity contribution is 0.592. The van der Waals surface area contributed by atoms with Crippen LogP contribution in [0.5, 0.6) is 0 Å². The van der Waals surface area contributed by atoms with Crippen molar-refractivity contribution in [3.8, 4) is 22.3 Å². The number of imidazole rings is 1. The first-order chi connectivity index (χ1) is 24.4. The van der Waals surface area contributed by atoms with Gasteiger partial charge in [0.05, 0.1) is 16.6 Å². The van der Waals surface area contributed by atoms with Gasteiger partial charge in [-0.3, -0.25) is 4.40 Å². The standard InChI is InChI=1S/C46H33N2OP/c1-46(2)40-27-30(31-22-26-42-44(28-31)48-43-20-12-11-18-38(43)35-17-9-10-19-39(35)45(48)47-42)21-24-36(40)37-25-23-34(29-41(37)46)50(49,32-13-5-3-6-14-32)33-15-7-4-8-16-33/h3-29H,1-2H3. The summed E-state index contributed by atoms with van der Waals surface area (Å²) in [6.45, 7) is 4.60. The topological polar surface area (TPSA) is 34.4 Å². The van der Waals surface area contributed by atoms with Crippen LogP contribution in [0.2, 0.25) is 0 Å². The smallest absolute Gasteiger partial charge is 0.171 e. The molecule has 0 saturated carbocycles. The summed E-state index contributed by atoms with van der Waals surface area (Å²) < 4.78 is 17.6. The van der Waals surface area contributed by atoms with Crippen LogP contribution in [0, 0.1) is 0 Å². The molecule has 50 heavy (non-hydrogen) atoms. The van der Waals surface area contributed by atoms with Crippen molar-refractivity contribution in [2.75, 3.05) is 0 Å². The average molecular weight is 661 g/mol. The molecular formula is C46H33N2OP. The van der Waals surface area contributed by atoms with Crippen molar-refractivity contribution in [2.24, 2.45) is 0 Å². The highest BCUT2D eigenvalue weighted by molar-refractivity contribution is 7.85. The first kappa shape index (κ1) is 29.2. The Balaban J connectivity index is 1.11. The van der Waals surface area contributed by atoms with E-state index in [1.165, 1.54) is 38.6 Å². The van der Waals surface area contributed by atoms with Crippen molar-refractivity contribution in [3.05, 3.63) is 175 Å². The second-order valence-electron chi connectivity index (χ2n) is 13.9. The average Bonchev–Trinajstić information content (AvgIpc) is 3.67. The third-order valence-electron chi connectivity index (χ3n) is 10.9. The number of aromatic nitrogens is 2. The van der Waals surface area contributed by atoms with Crippen LogP contribution in [0.1, 0.15) is 25.0 Å². The predicted octanol–water partition coefficient (Wildman–Crippen LogP) is 10.4. The molecule has 0 fully saturated rings. The molecule has 0 aliphatic heterocycles. The fourth-order valence-corrected chi connectivity index (χ4v) is 11.0. The number of benzene rings is 7.